The fraction of sp³-hybridized carbons (Fsp3) is 0.611. The molecule has 1 aliphatic heterocycles. The Balaban J connectivity index is 1.97. The van der Waals surface area contributed by atoms with Gasteiger partial charge in [0.15, 0.2) is 6.29 Å². The van der Waals surface area contributed by atoms with Crippen molar-refractivity contribution in [2.75, 3.05) is 0 Å². The quantitative estimate of drug-likeness (QED) is 0.796. The van der Waals surface area contributed by atoms with Crippen LogP contribution in [0.3, 0.4) is 0 Å². The summed E-state index contributed by atoms with van der Waals surface area (Å²) in [5, 5.41) is 0. The normalized spacial score (nSPS) is 25.7. The Morgan fingerprint density at radius 1 is 1.23 bits per heavy atom. The molecule has 1 heterocycles. The van der Waals surface area contributed by atoms with E-state index in [0.717, 1.165) is 12.8 Å². The number of hydrogen-bond acceptors (Lipinski definition) is 4. The van der Waals surface area contributed by atoms with Crippen LogP contribution < -0.4 is 0 Å². The van der Waals surface area contributed by atoms with Gasteiger partial charge in [0.2, 0.25) is 6.29 Å². The molecule has 4 nitrogen and oxygen atoms in total. The van der Waals surface area contributed by atoms with Gasteiger partial charge in [0, 0.05) is 18.8 Å². The Kier molecular flexibility index (Phi) is 5.59. The Labute approximate surface area is 132 Å². The third-order valence-corrected chi connectivity index (χ3v) is 3.65. The second-order valence-corrected chi connectivity index (χ2v) is 6.89. The molecule has 1 aromatic rings. The van der Waals surface area contributed by atoms with Crippen LogP contribution in [0.25, 0.3) is 0 Å². The number of ether oxygens (including phenoxy) is 3. The molecule has 0 spiro atoms. The summed E-state index contributed by atoms with van der Waals surface area (Å²) in [5.41, 5.74) is 1.12. The number of esters is 1. The van der Waals surface area contributed by atoms with Gasteiger partial charge in [0.05, 0.1) is 6.10 Å². The van der Waals surface area contributed by atoms with Crippen LogP contribution in [0.15, 0.2) is 30.3 Å². The number of carbonyl (C=O) groups excluding carboxylic acids is 1. The molecule has 1 saturated heterocycles. The van der Waals surface area contributed by atoms with Gasteiger partial charge in [-0.05, 0) is 18.4 Å². The minimum Gasteiger partial charge on any atom is -0.436 e. The summed E-state index contributed by atoms with van der Waals surface area (Å²) in [7, 11) is 0. The second kappa shape index (κ2) is 7.25. The van der Waals surface area contributed by atoms with Gasteiger partial charge in [0.1, 0.15) is 0 Å². The number of aryl methyl sites for hydroxylation is 1. The topological polar surface area (TPSA) is 44.8 Å². The number of carbonyl (C=O) groups is 1. The molecule has 1 fully saturated rings. The predicted octanol–water partition coefficient (Wildman–Crippen LogP) is 3.69. The standard InChI is InChI=1S/C18H26O4/c1-13(19)20-16-12-15(21-17(22-16)18(2,3)4)11-10-14-8-6-5-7-9-14/h5-9,15-17H,10-12H2,1-4H3/t15-,16-,17-/m1/s1. The monoisotopic (exact) mass is 306 g/mol. The maximum Gasteiger partial charge on any atom is 0.304 e. The molecule has 0 bridgehead atoms. The summed E-state index contributed by atoms with van der Waals surface area (Å²) in [6.07, 6.45) is 1.55. The summed E-state index contributed by atoms with van der Waals surface area (Å²) in [4.78, 5) is 11.2. The van der Waals surface area contributed by atoms with Crippen LogP contribution in [0.2, 0.25) is 0 Å². The fourth-order valence-electron chi connectivity index (χ4n) is 2.50. The van der Waals surface area contributed by atoms with E-state index in [1.807, 2.05) is 18.2 Å². The third-order valence-electron chi connectivity index (χ3n) is 3.65. The van der Waals surface area contributed by atoms with Crippen molar-refractivity contribution in [2.45, 2.75) is 65.6 Å². The van der Waals surface area contributed by atoms with Crippen LogP contribution in [0.5, 0.6) is 0 Å². The first-order chi connectivity index (χ1) is 10.3. The van der Waals surface area contributed by atoms with E-state index in [-0.39, 0.29) is 23.8 Å². The van der Waals surface area contributed by atoms with Crippen molar-refractivity contribution in [3.63, 3.8) is 0 Å². The molecule has 2 rings (SSSR count). The zero-order valence-corrected chi connectivity index (χ0v) is 13.9. The van der Waals surface area contributed by atoms with Gasteiger partial charge in [-0.1, -0.05) is 51.1 Å². The molecular weight excluding hydrogens is 280 g/mol. The highest BCUT2D eigenvalue weighted by molar-refractivity contribution is 5.66. The van der Waals surface area contributed by atoms with Crippen LogP contribution in [-0.2, 0) is 25.4 Å². The molecule has 0 aromatic heterocycles. The van der Waals surface area contributed by atoms with Gasteiger partial charge in [-0.25, -0.2) is 0 Å². The summed E-state index contributed by atoms with van der Waals surface area (Å²) in [6.45, 7) is 7.58. The van der Waals surface area contributed by atoms with Crippen LogP contribution in [0, 0.1) is 5.41 Å². The van der Waals surface area contributed by atoms with Crippen LogP contribution in [0.1, 0.15) is 46.1 Å². The summed E-state index contributed by atoms with van der Waals surface area (Å²) in [6, 6.07) is 10.3. The highest BCUT2D eigenvalue weighted by Gasteiger charge is 2.38. The van der Waals surface area contributed by atoms with E-state index >= 15 is 0 Å². The largest absolute Gasteiger partial charge is 0.436 e. The van der Waals surface area contributed by atoms with Gasteiger partial charge < -0.3 is 14.2 Å². The van der Waals surface area contributed by atoms with E-state index in [1.54, 1.807) is 0 Å². The summed E-state index contributed by atoms with van der Waals surface area (Å²) in [5.74, 6) is -0.318. The van der Waals surface area contributed by atoms with Gasteiger partial charge >= 0.3 is 5.97 Å². The molecular formula is C18H26O4. The van der Waals surface area contributed by atoms with E-state index in [4.69, 9.17) is 14.2 Å². The van der Waals surface area contributed by atoms with E-state index in [9.17, 15) is 4.79 Å². The van der Waals surface area contributed by atoms with Crippen molar-refractivity contribution in [3.05, 3.63) is 35.9 Å². The lowest BCUT2D eigenvalue weighted by atomic mass is 9.94. The first kappa shape index (κ1) is 17.0. The molecule has 0 aliphatic carbocycles. The molecule has 3 atom stereocenters. The Morgan fingerprint density at radius 3 is 2.50 bits per heavy atom. The van der Waals surface area contributed by atoms with Crippen molar-refractivity contribution in [1.29, 1.82) is 0 Å². The average Bonchev–Trinajstić information content (AvgIpc) is 2.44. The first-order valence-electron chi connectivity index (χ1n) is 7.86. The maximum absolute atomic E-state index is 11.2. The Morgan fingerprint density at radius 2 is 1.91 bits per heavy atom. The van der Waals surface area contributed by atoms with Gasteiger partial charge in [-0.2, -0.15) is 0 Å². The van der Waals surface area contributed by atoms with Crippen molar-refractivity contribution < 1.29 is 19.0 Å². The van der Waals surface area contributed by atoms with Crippen LogP contribution in [0.4, 0.5) is 0 Å². The van der Waals surface area contributed by atoms with Crippen LogP contribution >= 0.6 is 0 Å². The van der Waals surface area contributed by atoms with Gasteiger partial charge in [0.25, 0.3) is 0 Å². The predicted molar refractivity (Wildman–Crippen MR) is 84.1 cm³/mol. The van der Waals surface area contributed by atoms with Crippen LogP contribution in [-0.4, -0.2) is 24.7 Å². The van der Waals surface area contributed by atoms with Crippen molar-refractivity contribution in [2.24, 2.45) is 5.41 Å². The zero-order chi connectivity index (χ0) is 16.2. The molecule has 1 aromatic carbocycles. The minimum atomic E-state index is -0.517. The Bertz CT molecular complexity index is 478. The van der Waals surface area contributed by atoms with Crippen molar-refractivity contribution in [3.8, 4) is 0 Å². The lowest BCUT2D eigenvalue weighted by molar-refractivity contribution is -0.325. The molecule has 0 saturated carbocycles. The smallest absolute Gasteiger partial charge is 0.304 e. The van der Waals surface area contributed by atoms with E-state index < -0.39 is 6.29 Å². The van der Waals surface area contributed by atoms with E-state index in [1.165, 1.54) is 12.5 Å². The van der Waals surface area contributed by atoms with E-state index in [0.29, 0.717) is 6.42 Å². The molecule has 4 heteroatoms. The molecule has 0 N–H and O–H groups in total. The summed E-state index contributed by atoms with van der Waals surface area (Å²) >= 11 is 0. The molecule has 0 amide bonds. The SMILES string of the molecule is CC(=O)O[C@H]1C[C@@H](CCc2ccccc2)O[C@@H](C(C)(C)C)O1. The first-order valence-corrected chi connectivity index (χ1v) is 7.86. The number of benzene rings is 1. The number of rotatable bonds is 4. The molecule has 1 aliphatic rings. The second-order valence-electron chi connectivity index (χ2n) is 6.89. The highest BCUT2D eigenvalue weighted by atomic mass is 16.8. The van der Waals surface area contributed by atoms with Crippen molar-refractivity contribution in [1.82, 2.24) is 0 Å². The Hall–Kier alpha value is -1.39. The average molecular weight is 306 g/mol. The summed E-state index contributed by atoms with van der Waals surface area (Å²) < 4.78 is 17.1. The molecule has 0 unspecified atom stereocenters. The molecule has 22 heavy (non-hydrogen) atoms. The van der Waals surface area contributed by atoms with E-state index in [2.05, 4.69) is 32.9 Å². The lowest BCUT2D eigenvalue weighted by Gasteiger charge is -2.40. The van der Waals surface area contributed by atoms with Gasteiger partial charge in [-0.3, -0.25) is 4.79 Å². The minimum absolute atomic E-state index is 0.0301. The highest BCUT2D eigenvalue weighted by Crippen LogP contribution is 2.32. The van der Waals surface area contributed by atoms with Crippen molar-refractivity contribution >= 4 is 5.97 Å². The third kappa shape index (κ3) is 5.11. The maximum atomic E-state index is 11.2. The fourth-order valence-corrected chi connectivity index (χ4v) is 2.50. The molecule has 122 valence electrons. The lowest BCUT2D eigenvalue weighted by Crippen LogP contribution is -2.46. The van der Waals surface area contributed by atoms with Gasteiger partial charge in [-0.15, -0.1) is 0 Å². The zero-order valence-electron chi connectivity index (χ0n) is 13.9. The molecule has 0 radical (unpaired) electrons. The number of hydrogen-bond donors (Lipinski definition) is 0.